The summed E-state index contributed by atoms with van der Waals surface area (Å²) in [5.41, 5.74) is 7.54. The van der Waals surface area contributed by atoms with E-state index in [0.29, 0.717) is 17.7 Å². The van der Waals surface area contributed by atoms with E-state index in [1.165, 1.54) is 4.90 Å². The SMILES string of the molecule is CN1C(=O)Cc2cccc(C(N)C(=O)O)c21. The van der Waals surface area contributed by atoms with Crippen LogP contribution in [0.3, 0.4) is 0 Å². The number of nitrogens with two attached hydrogens (primary N) is 1. The first-order valence-corrected chi connectivity index (χ1v) is 4.89. The molecule has 5 nitrogen and oxygen atoms in total. The summed E-state index contributed by atoms with van der Waals surface area (Å²) < 4.78 is 0. The monoisotopic (exact) mass is 220 g/mol. The molecule has 0 aliphatic carbocycles. The molecule has 1 amide bonds. The Balaban J connectivity index is 2.54. The summed E-state index contributed by atoms with van der Waals surface area (Å²) in [6.45, 7) is 0. The highest BCUT2D eigenvalue weighted by Crippen LogP contribution is 2.34. The molecule has 0 radical (unpaired) electrons. The molecule has 0 spiro atoms. The summed E-state index contributed by atoms with van der Waals surface area (Å²) in [7, 11) is 1.63. The van der Waals surface area contributed by atoms with E-state index >= 15 is 0 Å². The number of hydrogen-bond donors (Lipinski definition) is 2. The van der Waals surface area contributed by atoms with E-state index in [2.05, 4.69) is 0 Å². The molecule has 5 heteroatoms. The van der Waals surface area contributed by atoms with Gasteiger partial charge in [-0.2, -0.15) is 0 Å². The number of carboxylic acid groups (broad SMARTS) is 1. The highest BCUT2D eigenvalue weighted by Gasteiger charge is 2.29. The third-order valence-corrected chi connectivity index (χ3v) is 2.80. The van der Waals surface area contributed by atoms with Crippen LogP contribution in [0.4, 0.5) is 5.69 Å². The van der Waals surface area contributed by atoms with Crippen molar-refractivity contribution in [3.8, 4) is 0 Å². The number of aliphatic carboxylic acids is 1. The van der Waals surface area contributed by atoms with Crippen LogP contribution in [-0.4, -0.2) is 24.0 Å². The predicted octanol–water partition coefficient (Wildman–Crippen LogP) is 0.290. The predicted molar refractivity (Wildman–Crippen MR) is 58.1 cm³/mol. The molecule has 84 valence electrons. The lowest BCUT2D eigenvalue weighted by Crippen LogP contribution is -2.26. The van der Waals surface area contributed by atoms with Crippen LogP contribution >= 0.6 is 0 Å². The van der Waals surface area contributed by atoms with Crippen molar-refractivity contribution in [3.05, 3.63) is 29.3 Å². The molecule has 0 saturated carbocycles. The van der Waals surface area contributed by atoms with Gasteiger partial charge in [0.1, 0.15) is 6.04 Å². The molecule has 3 N–H and O–H groups in total. The number of hydrogen-bond acceptors (Lipinski definition) is 3. The first kappa shape index (κ1) is 10.6. The van der Waals surface area contributed by atoms with Crippen molar-refractivity contribution in [1.29, 1.82) is 0 Å². The summed E-state index contributed by atoms with van der Waals surface area (Å²) in [6.07, 6.45) is 0.312. The number of amides is 1. The molecule has 1 aromatic rings. The van der Waals surface area contributed by atoms with E-state index in [-0.39, 0.29) is 5.91 Å². The summed E-state index contributed by atoms with van der Waals surface area (Å²) in [6, 6.07) is 4.09. The van der Waals surface area contributed by atoms with Crippen molar-refractivity contribution in [2.45, 2.75) is 12.5 Å². The lowest BCUT2D eigenvalue weighted by atomic mass is 10.0. The molecule has 0 aromatic heterocycles. The summed E-state index contributed by atoms with van der Waals surface area (Å²) in [5.74, 6) is -1.14. The van der Waals surface area contributed by atoms with Gasteiger partial charge in [-0.1, -0.05) is 18.2 Å². The van der Waals surface area contributed by atoms with E-state index in [1.807, 2.05) is 6.07 Å². The summed E-state index contributed by atoms with van der Waals surface area (Å²) >= 11 is 0. The molecule has 0 bridgehead atoms. The zero-order valence-electron chi connectivity index (χ0n) is 8.80. The number of anilines is 1. The largest absolute Gasteiger partial charge is 0.480 e. The first-order valence-electron chi connectivity index (χ1n) is 4.89. The molecule has 0 saturated heterocycles. The maximum atomic E-state index is 11.5. The highest BCUT2D eigenvalue weighted by atomic mass is 16.4. The van der Waals surface area contributed by atoms with Gasteiger partial charge >= 0.3 is 5.97 Å². The number of likely N-dealkylation sites (N-methyl/N-ethyl adjacent to an activating group) is 1. The van der Waals surface area contributed by atoms with Crippen LogP contribution in [0.1, 0.15) is 17.2 Å². The van der Waals surface area contributed by atoms with Crippen LogP contribution < -0.4 is 10.6 Å². The summed E-state index contributed by atoms with van der Waals surface area (Å²) in [5, 5.41) is 8.89. The van der Waals surface area contributed by atoms with Crippen molar-refractivity contribution in [3.63, 3.8) is 0 Å². The average Bonchev–Trinajstić information content (AvgIpc) is 2.54. The maximum absolute atomic E-state index is 11.5. The third-order valence-electron chi connectivity index (χ3n) is 2.80. The van der Waals surface area contributed by atoms with Crippen LogP contribution in [-0.2, 0) is 16.0 Å². The highest BCUT2D eigenvalue weighted by molar-refractivity contribution is 6.02. The molecule has 1 atom stereocenters. The molecule has 1 unspecified atom stereocenters. The van der Waals surface area contributed by atoms with E-state index in [9.17, 15) is 9.59 Å². The van der Waals surface area contributed by atoms with Crippen molar-refractivity contribution in [2.24, 2.45) is 5.73 Å². The Kier molecular flexibility index (Phi) is 2.40. The second-order valence-corrected chi connectivity index (χ2v) is 3.80. The number of nitrogens with zero attached hydrogens (tertiary/aromatic N) is 1. The third kappa shape index (κ3) is 1.45. The van der Waals surface area contributed by atoms with Gasteiger partial charge in [-0.3, -0.25) is 9.59 Å². The van der Waals surface area contributed by atoms with Gasteiger partial charge < -0.3 is 15.7 Å². The first-order chi connectivity index (χ1) is 7.52. The standard InChI is InChI=1S/C11H12N2O3/c1-13-8(14)5-6-3-2-4-7(10(6)13)9(12)11(15)16/h2-4,9H,5,12H2,1H3,(H,15,16). The Labute approximate surface area is 92.5 Å². The van der Waals surface area contributed by atoms with Gasteiger partial charge in [0, 0.05) is 12.6 Å². The van der Waals surface area contributed by atoms with Gasteiger partial charge in [0.2, 0.25) is 5.91 Å². The molecule has 1 aromatic carbocycles. The number of carbonyl (C=O) groups excluding carboxylic acids is 1. The number of para-hydroxylation sites is 1. The van der Waals surface area contributed by atoms with Crippen molar-refractivity contribution >= 4 is 17.6 Å². The normalized spacial score (nSPS) is 16.1. The Morgan fingerprint density at radius 2 is 2.25 bits per heavy atom. The van der Waals surface area contributed by atoms with Gasteiger partial charge in [-0.05, 0) is 5.56 Å². The zero-order valence-corrected chi connectivity index (χ0v) is 8.80. The fourth-order valence-corrected chi connectivity index (χ4v) is 1.95. The Morgan fingerprint density at radius 3 is 2.88 bits per heavy atom. The molecular formula is C11H12N2O3. The maximum Gasteiger partial charge on any atom is 0.325 e. The minimum Gasteiger partial charge on any atom is -0.480 e. The van der Waals surface area contributed by atoms with Crippen molar-refractivity contribution in [2.75, 3.05) is 11.9 Å². The average molecular weight is 220 g/mol. The van der Waals surface area contributed by atoms with E-state index < -0.39 is 12.0 Å². The number of carboxylic acids is 1. The zero-order chi connectivity index (χ0) is 11.9. The van der Waals surface area contributed by atoms with Crippen LogP contribution in [0, 0.1) is 0 Å². The molecule has 0 fully saturated rings. The van der Waals surface area contributed by atoms with Crippen LogP contribution in [0.25, 0.3) is 0 Å². The number of benzene rings is 1. The lowest BCUT2D eigenvalue weighted by Gasteiger charge is -2.17. The number of rotatable bonds is 2. The number of fused-ring (bicyclic) bond motifs is 1. The molecule has 2 rings (SSSR count). The van der Waals surface area contributed by atoms with Gasteiger partial charge in [-0.25, -0.2) is 0 Å². The van der Waals surface area contributed by atoms with Gasteiger partial charge in [-0.15, -0.1) is 0 Å². The minimum atomic E-state index is -1.10. The molecular weight excluding hydrogens is 208 g/mol. The van der Waals surface area contributed by atoms with Gasteiger partial charge in [0.25, 0.3) is 0 Å². The van der Waals surface area contributed by atoms with E-state index in [1.54, 1.807) is 19.2 Å². The van der Waals surface area contributed by atoms with Crippen LogP contribution in [0.15, 0.2) is 18.2 Å². The number of carbonyl (C=O) groups is 2. The summed E-state index contributed by atoms with van der Waals surface area (Å²) in [4.78, 5) is 23.8. The molecule has 1 aliphatic rings. The second kappa shape index (κ2) is 3.61. The lowest BCUT2D eigenvalue weighted by molar-refractivity contribution is -0.138. The molecule has 16 heavy (non-hydrogen) atoms. The fraction of sp³-hybridized carbons (Fsp3) is 0.273. The smallest absolute Gasteiger partial charge is 0.325 e. The Hall–Kier alpha value is -1.88. The van der Waals surface area contributed by atoms with Gasteiger partial charge in [0.15, 0.2) is 0 Å². The van der Waals surface area contributed by atoms with E-state index in [4.69, 9.17) is 10.8 Å². The van der Waals surface area contributed by atoms with E-state index in [0.717, 1.165) is 5.56 Å². The van der Waals surface area contributed by atoms with Crippen molar-refractivity contribution in [1.82, 2.24) is 0 Å². The fourth-order valence-electron chi connectivity index (χ4n) is 1.95. The van der Waals surface area contributed by atoms with Crippen LogP contribution in [0.2, 0.25) is 0 Å². The Morgan fingerprint density at radius 1 is 1.56 bits per heavy atom. The Bertz CT molecular complexity index is 470. The molecule has 1 aliphatic heterocycles. The molecule has 1 heterocycles. The van der Waals surface area contributed by atoms with Crippen LogP contribution in [0.5, 0.6) is 0 Å². The minimum absolute atomic E-state index is 0.0416. The second-order valence-electron chi connectivity index (χ2n) is 3.80. The quantitative estimate of drug-likeness (QED) is 0.750. The topological polar surface area (TPSA) is 83.6 Å². The van der Waals surface area contributed by atoms with Gasteiger partial charge in [0.05, 0.1) is 12.1 Å². The van der Waals surface area contributed by atoms with Crippen molar-refractivity contribution < 1.29 is 14.7 Å².